The lowest BCUT2D eigenvalue weighted by Gasteiger charge is -2.33. The van der Waals surface area contributed by atoms with Crippen molar-refractivity contribution in [2.24, 2.45) is 0 Å². The van der Waals surface area contributed by atoms with Gasteiger partial charge in [0, 0.05) is 34.5 Å². The summed E-state index contributed by atoms with van der Waals surface area (Å²) in [6, 6.07) is 26.7. The molecule has 0 atom stereocenters. The van der Waals surface area contributed by atoms with Crippen LogP contribution in [0.15, 0.2) is 78.9 Å². The minimum atomic E-state index is 0.142. The van der Waals surface area contributed by atoms with Crippen molar-refractivity contribution < 1.29 is 0 Å². The summed E-state index contributed by atoms with van der Waals surface area (Å²) >= 11 is 12.1. The predicted molar refractivity (Wildman–Crippen MR) is 107 cm³/mol. The van der Waals surface area contributed by atoms with Gasteiger partial charge in [0.25, 0.3) is 0 Å². The van der Waals surface area contributed by atoms with Crippen molar-refractivity contribution in [3.05, 3.63) is 94.5 Å². The fourth-order valence-corrected chi connectivity index (χ4v) is 3.67. The standard InChI is InChI=1S/C21H18Cl2N2/c22-17-6-10-19(11-7-17)24-14-15-25(20-12-8-18(23)9-13-20)21(24)16-4-2-1-3-5-16/h1-13,21H,14-15H2. The monoisotopic (exact) mass is 368 g/mol. The topological polar surface area (TPSA) is 6.48 Å². The van der Waals surface area contributed by atoms with Crippen molar-refractivity contribution >= 4 is 34.6 Å². The molecule has 1 aliphatic rings. The Balaban J connectivity index is 1.75. The molecule has 0 spiro atoms. The second kappa shape index (κ2) is 6.99. The minimum Gasteiger partial charge on any atom is -0.346 e. The Morgan fingerprint density at radius 1 is 0.600 bits per heavy atom. The lowest BCUT2D eigenvalue weighted by molar-refractivity contribution is 0.717. The molecule has 1 fully saturated rings. The van der Waals surface area contributed by atoms with Gasteiger partial charge in [0.15, 0.2) is 0 Å². The van der Waals surface area contributed by atoms with Crippen LogP contribution < -0.4 is 9.80 Å². The number of benzene rings is 3. The third-order valence-electron chi connectivity index (χ3n) is 4.59. The van der Waals surface area contributed by atoms with Crippen molar-refractivity contribution in [1.29, 1.82) is 0 Å². The number of nitrogens with zero attached hydrogens (tertiary/aromatic N) is 2. The molecule has 3 aromatic rings. The molecule has 0 amide bonds. The number of hydrogen-bond acceptors (Lipinski definition) is 2. The van der Waals surface area contributed by atoms with Gasteiger partial charge in [-0.25, -0.2) is 0 Å². The van der Waals surface area contributed by atoms with Crippen molar-refractivity contribution in [2.75, 3.05) is 22.9 Å². The van der Waals surface area contributed by atoms with E-state index >= 15 is 0 Å². The molecule has 126 valence electrons. The van der Waals surface area contributed by atoms with Crippen molar-refractivity contribution in [3.63, 3.8) is 0 Å². The maximum atomic E-state index is 6.07. The Bertz CT molecular complexity index is 779. The van der Waals surface area contributed by atoms with E-state index in [1.165, 1.54) is 16.9 Å². The first-order valence-electron chi connectivity index (χ1n) is 8.32. The second-order valence-corrected chi connectivity index (χ2v) is 7.00. The molecule has 0 radical (unpaired) electrons. The Labute approximate surface area is 158 Å². The van der Waals surface area contributed by atoms with Gasteiger partial charge < -0.3 is 9.80 Å². The quantitative estimate of drug-likeness (QED) is 0.557. The first kappa shape index (κ1) is 16.3. The number of anilines is 2. The van der Waals surface area contributed by atoms with Gasteiger partial charge in [-0.05, 0) is 54.1 Å². The summed E-state index contributed by atoms with van der Waals surface area (Å²) in [6.07, 6.45) is 0.142. The van der Waals surface area contributed by atoms with Crippen LogP contribution in [-0.4, -0.2) is 13.1 Å². The van der Waals surface area contributed by atoms with Crippen LogP contribution in [0.2, 0.25) is 10.0 Å². The molecular weight excluding hydrogens is 351 g/mol. The second-order valence-electron chi connectivity index (χ2n) is 6.12. The fourth-order valence-electron chi connectivity index (χ4n) is 3.42. The van der Waals surface area contributed by atoms with E-state index in [-0.39, 0.29) is 6.17 Å². The summed E-state index contributed by atoms with van der Waals surface area (Å²) in [7, 11) is 0. The molecule has 1 heterocycles. The van der Waals surface area contributed by atoms with Gasteiger partial charge in [0.1, 0.15) is 6.17 Å². The minimum absolute atomic E-state index is 0.142. The van der Waals surface area contributed by atoms with Crippen LogP contribution >= 0.6 is 23.2 Å². The highest BCUT2D eigenvalue weighted by Gasteiger charge is 2.33. The molecule has 0 bridgehead atoms. The molecule has 0 aromatic heterocycles. The third-order valence-corrected chi connectivity index (χ3v) is 5.09. The van der Waals surface area contributed by atoms with E-state index in [9.17, 15) is 0 Å². The summed E-state index contributed by atoms with van der Waals surface area (Å²) in [5.41, 5.74) is 3.62. The van der Waals surface area contributed by atoms with Gasteiger partial charge >= 0.3 is 0 Å². The van der Waals surface area contributed by atoms with Gasteiger partial charge in [0.05, 0.1) is 0 Å². The molecule has 0 unspecified atom stereocenters. The SMILES string of the molecule is Clc1ccc(N2CCN(c3ccc(Cl)cc3)C2c2ccccc2)cc1. The molecule has 2 nitrogen and oxygen atoms in total. The lowest BCUT2D eigenvalue weighted by atomic mass is 10.1. The van der Waals surface area contributed by atoms with E-state index in [2.05, 4.69) is 64.4 Å². The normalized spacial score (nSPS) is 15.0. The number of halogens is 2. The van der Waals surface area contributed by atoms with Crippen molar-refractivity contribution in [1.82, 2.24) is 0 Å². The molecule has 1 saturated heterocycles. The van der Waals surface area contributed by atoms with Crippen molar-refractivity contribution in [3.8, 4) is 0 Å². The van der Waals surface area contributed by atoms with Crippen LogP contribution in [0.3, 0.4) is 0 Å². The molecule has 3 aromatic carbocycles. The Hall–Kier alpha value is -2.16. The maximum absolute atomic E-state index is 6.07. The van der Waals surface area contributed by atoms with Crippen LogP contribution in [0.4, 0.5) is 11.4 Å². The van der Waals surface area contributed by atoms with Gasteiger partial charge in [-0.1, -0.05) is 53.5 Å². The third kappa shape index (κ3) is 3.33. The fraction of sp³-hybridized carbons (Fsp3) is 0.143. The number of rotatable bonds is 3. The molecule has 1 aliphatic heterocycles. The van der Waals surface area contributed by atoms with Crippen LogP contribution in [0.25, 0.3) is 0 Å². The average Bonchev–Trinajstić information content (AvgIpc) is 3.09. The first-order chi connectivity index (χ1) is 12.2. The van der Waals surface area contributed by atoms with Gasteiger partial charge in [-0.2, -0.15) is 0 Å². The van der Waals surface area contributed by atoms with E-state index in [1.807, 2.05) is 24.3 Å². The summed E-state index contributed by atoms with van der Waals surface area (Å²) in [4.78, 5) is 4.83. The lowest BCUT2D eigenvalue weighted by Crippen LogP contribution is -2.30. The van der Waals surface area contributed by atoms with E-state index in [4.69, 9.17) is 23.2 Å². The summed E-state index contributed by atoms with van der Waals surface area (Å²) in [5, 5.41) is 1.52. The van der Waals surface area contributed by atoms with E-state index in [0.717, 1.165) is 23.1 Å². The van der Waals surface area contributed by atoms with Crippen LogP contribution in [0.1, 0.15) is 11.7 Å². The highest BCUT2D eigenvalue weighted by Crippen LogP contribution is 2.38. The first-order valence-corrected chi connectivity index (χ1v) is 9.07. The van der Waals surface area contributed by atoms with E-state index in [1.54, 1.807) is 0 Å². The molecule has 25 heavy (non-hydrogen) atoms. The van der Waals surface area contributed by atoms with E-state index in [0.29, 0.717) is 0 Å². The molecule has 0 aliphatic carbocycles. The number of hydrogen-bond donors (Lipinski definition) is 0. The predicted octanol–water partition coefficient (Wildman–Crippen LogP) is 6.02. The Kier molecular flexibility index (Phi) is 4.56. The zero-order chi connectivity index (χ0) is 17.2. The highest BCUT2D eigenvalue weighted by molar-refractivity contribution is 6.30. The zero-order valence-electron chi connectivity index (χ0n) is 13.6. The Morgan fingerprint density at radius 3 is 1.48 bits per heavy atom. The van der Waals surface area contributed by atoms with Gasteiger partial charge in [-0.3, -0.25) is 0 Å². The van der Waals surface area contributed by atoms with Crippen LogP contribution in [0.5, 0.6) is 0 Å². The highest BCUT2D eigenvalue weighted by atomic mass is 35.5. The van der Waals surface area contributed by atoms with Gasteiger partial charge in [0.2, 0.25) is 0 Å². The molecule has 0 N–H and O–H groups in total. The Morgan fingerprint density at radius 2 is 1.04 bits per heavy atom. The molecule has 4 rings (SSSR count). The summed E-state index contributed by atoms with van der Waals surface area (Å²) in [5.74, 6) is 0. The zero-order valence-corrected chi connectivity index (χ0v) is 15.2. The molecular formula is C21H18Cl2N2. The van der Waals surface area contributed by atoms with E-state index < -0.39 is 0 Å². The smallest absolute Gasteiger partial charge is 0.128 e. The molecule has 4 heteroatoms. The largest absolute Gasteiger partial charge is 0.346 e. The van der Waals surface area contributed by atoms with Crippen molar-refractivity contribution in [2.45, 2.75) is 6.17 Å². The van der Waals surface area contributed by atoms with Crippen LogP contribution in [0, 0.1) is 0 Å². The summed E-state index contributed by atoms with van der Waals surface area (Å²) in [6.45, 7) is 1.90. The summed E-state index contributed by atoms with van der Waals surface area (Å²) < 4.78 is 0. The molecule has 0 saturated carbocycles. The average molecular weight is 369 g/mol. The van der Waals surface area contributed by atoms with Crippen LogP contribution in [-0.2, 0) is 0 Å². The van der Waals surface area contributed by atoms with Gasteiger partial charge in [-0.15, -0.1) is 0 Å². The maximum Gasteiger partial charge on any atom is 0.128 e.